The molecule has 1 amide bonds. The monoisotopic (exact) mass is 247 g/mol. The van der Waals surface area contributed by atoms with Gasteiger partial charge in [0, 0.05) is 19.3 Å². The van der Waals surface area contributed by atoms with Crippen molar-refractivity contribution in [2.75, 3.05) is 25.0 Å². The van der Waals surface area contributed by atoms with E-state index < -0.39 is 0 Å². The highest BCUT2D eigenvalue weighted by Crippen LogP contribution is 2.04. The summed E-state index contributed by atoms with van der Waals surface area (Å²) in [4.78, 5) is 17.8. The number of likely N-dealkylation sites (N-methyl/N-ethyl adjacent to an activating group) is 1. The maximum absolute atomic E-state index is 11.8. The molecule has 96 valence electrons. The summed E-state index contributed by atoms with van der Waals surface area (Å²) in [5.41, 5.74) is 0.760. The van der Waals surface area contributed by atoms with Crippen LogP contribution in [-0.4, -0.2) is 45.0 Å². The fraction of sp³-hybridized carbons (Fsp3) is 0.417. The van der Waals surface area contributed by atoms with E-state index in [9.17, 15) is 4.79 Å². The molecule has 6 heteroatoms. The molecule has 18 heavy (non-hydrogen) atoms. The molecule has 0 aliphatic carbocycles. The number of hydrogen-bond donors (Lipinski definition) is 1. The molecule has 0 aliphatic rings. The summed E-state index contributed by atoms with van der Waals surface area (Å²) in [6, 6.07) is 5.64. The van der Waals surface area contributed by atoms with Crippen LogP contribution in [0.15, 0.2) is 24.4 Å². The van der Waals surface area contributed by atoms with Gasteiger partial charge in [-0.3, -0.25) is 4.79 Å². The molecule has 0 bridgehead atoms. The van der Waals surface area contributed by atoms with Crippen LogP contribution in [0.4, 0.5) is 5.95 Å². The van der Waals surface area contributed by atoms with E-state index in [2.05, 4.69) is 15.4 Å². The molecule has 0 unspecified atom stereocenters. The first kappa shape index (κ1) is 12.3. The zero-order chi connectivity index (χ0) is 13.0. The predicted molar refractivity (Wildman–Crippen MR) is 69.4 cm³/mol. The van der Waals surface area contributed by atoms with Crippen molar-refractivity contribution in [2.24, 2.45) is 0 Å². The molecular weight excluding hydrogens is 230 g/mol. The van der Waals surface area contributed by atoms with Gasteiger partial charge in [0.1, 0.15) is 0 Å². The summed E-state index contributed by atoms with van der Waals surface area (Å²) in [7, 11) is 0. The quantitative estimate of drug-likeness (QED) is 0.856. The van der Waals surface area contributed by atoms with E-state index >= 15 is 0 Å². The molecule has 0 saturated carbocycles. The Balaban J connectivity index is 1.99. The van der Waals surface area contributed by atoms with Gasteiger partial charge in [0.05, 0.1) is 6.54 Å². The Bertz CT molecular complexity index is 499. The number of aromatic nitrogens is 3. The highest BCUT2D eigenvalue weighted by atomic mass is 16.2. The average Bonchev–Trinajstić information content (AvgIpc) is 2.80. The van der Waals surface area contributed by atoms with Gasteiger partial charge in [-0.2, -0.15) is 4.98 Å². The summed E-state index contributed by atoms with van der Waals surface area (Å²) in [6.45, 7) is 5.58. The average molecular weight is 247 g/mol. The smallest absolute Gasteiger partial charge is 0.243 e. The van der Waals surface area contributed by atoms with Crippen molar-refractivity contribution in [2.45, 2.75) is 13.8 Å². The van der Waals surface area contributed by atoms with Crippen LogP contribution in [0.2, 0.25) is 0 Å². The van der Waals surface area contributed by atoms with E-state index in [1.807, 2.05) is 38.2 Å². The Morgan fingerprint density at radius 3 is 2.83 bits per heavy atom. The van der Waals surface area contributed by atoms with E-state index in [4.69, 9.17) is 0 Å². The molecule has 6 nitrogen and oxygen atoms in total. The van der Waals surface area contributed by atoms with Crippen molar-refractivity contribution in [1.29, 1.82) is 0 Å². The molecule has 0 spiro atoms. The number of amides is 1. The molecule has 1 N–H and O–H groups in total. The lowest BCUT2D eigenvalue weighted by Crippen LogP contribution is -2.35. The summed E-state index contributed by atoms with van der Waals surface area (Å²) >= 11 is 0. The third-order valence-electron chi connectivity index (χ3n) is 2.76. The highest BCUT2D eigenvalue weighted by molar-refractivity contribution is 5.80. The topological polar surface area (TPSA) is 62.5 Å². The van der Waals surface area contributed by atoms with Crippen molar-refractivity contribution < 1.29 is 4.79 Å². The van der Waals surface area contributed by atoms with Gasteiger partial charge in [-0.1, -0.05) is 6.07 Å². The van der Waals surface area contributed by atoms with Crippen LogP contribution in [0, 0.1) is 0 Å². The van der Waals surface area contributed by atoms with E-state index in [-0.39, 0.29) is 12.5 Å². The SMILES string of the molecule is CCN(CC)C(=O)CNc1nc2ccccn2n1. The minimum atomic E-state index is 0.0545. The Labute approximate surface area is 106 Å². The lowest BCUT2D eigenvalue weighted by Gasteiger charge is -2.18. The maximum Gasteiger partial charge on any atom is 0.243 e. The molecular formula is C12H17N5O. The zero-order valence-corrected chi connectivity index (χ0v) is 10.6. The van der Waals surface area contributed by atoms with E-state index in [0.29, 0.717) is 5.95 Å². The van der Waals surface area contributed by atoms with Crippen molar-refractivity contribution in [3.05, 3.63) is 24.4 Å². The first-order chi connectivity index (χ1) is 8.74. The van der Waals surface area contributed by atoms with Crippen LogP contribution >= 0.6 is 0 Å². The Morgan fingerprint density at radius 2 is 2.17 bits per heavy atom. The second kappa shape index (κ2) is 5.48. The zero-order valence-electron chi connectivity index (χ0n) is 10.6. The lowest BCUT2D eigenvalue weighted by atomic mass is 10.4. The number of carbonyl (C=O) groups excluding carboxylic acids is 1. The standard InChI is InChI=1S/C12H17N5O/c1-3-16(4-2)11(18)9-13-12-14-10-7-5-6-8-17(10)15-12/h5-8H,3-4,9H2,1-2H3,(H,13,15). The number of nitrogens with zero attached hydrogens (tertiary/aromatic N) is 4. The Hall–Kier alpha value is -2.11. The number of carbonyl (C=O) groups is 1. The molecule has 0 saturated heterocycles. The number of nitrogens with one attached hydrogen (secondary N) is 1. The molecule has 2 aromatic heterocycles. The van der Waals surface area contributed by atoms with Crippen molar-refractivity contribution in [1.82, 2.24) is 19.5 Å². The first-order valence-corrected chi connectivity index (χ1v) is 6.07. The first-order valence-electron chi connectivity index (χ1n) is 6.07. The Morgan fingerprint density at radius 1 is 1.39 bits per heavy atom. The molecule has 2 aromatic rings. The second-order valence-electron chi connectivity index (χ2n) is 3.86. The molecule has 0 aromatic carbocycles. The van der Waals surface area contributed by atoms with Crippen LogP contribution in [-0.2, 0) is 4.79 Å². The molecule has 0 radical (unpaired) electrons. The van der Waals surface area contributed by atoms with E-state index in [1.165, 1.54) is 0 Å². The fourth-order valence-corrected chi connectivity index (χ4v) is 1.75. The van der Waals surface area contributed by atoms with Crippen LogP contribution in [0.3, 0.4) is 0 Å². The van der Waals surface area contributed by atoms with E-state index in [1.54, 1.807) is 9.42 Å². The minimum Gasteiger partial charge on any atom is -0.344 e. The largest absolute Gasteiger partial charge is 0.344 e. The molecule has 2 heterocycles. The van der Waals surface area contributed by atoms with Crippen molar-refractivity contribution in [3.8, 4) is 0 Å². The molecule has 2 rings (SSSR count). The molecule has 0 fully saturated rings. The summed E-state index contributed by atoms with van der Waals surface area (Å²) in [5.74, 6) is 0.528. The number of pyridine rings is 1. The second-order valence-corrected chi connectivity index (χ2v) is 3.86. The van der Waals surface area contributed by atoms with Crippen molar-refractivity contribution >= 4 is 17.5 Å². The van der Waals surface area contributed by atoms with Gasteiger partial charge in [0.15, 0.2) is 5.65 Å². The number of hydrogen-bond acceptors (Lipinski definition) is 4. The van der Waals surface area contributed by atoms with Crippen LogP contribution in [0.5, 0.6) is 0 Å². The minimum absolute atomic E-state index is 0.0545. The van der Waals surface area contributed by atoms with Gasteiger partial charge in [-0.15, -0.1) is 5.10 Å². The lowest BCUT2D eigenvalue weighted by molar-refractivity contribution is -0.128. The highest BCUT2D eigenvalue weighted by Gasteiger charge is 2.10. The van der Waals surface area contributed by atoms with Crippen LogP contribution in [0.25, 0.3) is 5.65 Å². The third-order valence-corrected chi connectivity index (χ3v) is 2.76. The molecule has 0 aliphatic heterocycles. The molecule has 0 atom stereocenters. The predicted octanol–water partition coefficient (Wildman–Crippen LogP) is 1.01. The third kappa shape index (κ3) is 2.58. The van der Waals surface area contributed by atoms with E-state index in [0.717, 1.165) is 18.7 Å². The number of anilines is 1. The van der Waals surface area contributed by atoms with Crippen molar-refractivity contribution in [3.63, 3.8) is 0 Å². The number of fused-ring (bicyclic) bond motifs is 1. The van der Waals surface area contributed by atoms with Gasteiger partial charge in [-0.05, 0) is 26.0 Å². The fourth-order valence-electron chi connectivity index (χ4n) is 1.75. The number of rotatable bonds is 5. The van der Waals surface area contributed by atoms with Gasteiger partial charge < -0.3 is 10.2 Å². The van der Waals surface area contributed by atoms with Gasteiger partial charge in [0.2, 0.25) is 11.9 Å². The summed E-state index contributed by atoms with van der Waals surface area (Å²) in [5, 5.41) is 7.17. The normalized spacial score (nSPS) is 10.6. The van der Waals surface area contributed by atoms with Crippen LogP contribution < -0.4 is 5.32 Å². The maximum atomic E-state index is 11.8. The Kier molecular flexibility index (Phi) is 3.76. The van der Waals surface area contributed by atoms with Gasteiger partial charge in [0.25, 0.3) is 0 Å². The summed E-state index contributed by atoms with van der Waals surface area (Å²) < 4.78 is 1.67. The van der Waals surface area contributed by atoms with Gasteiger partial charge in [-0.25, -0.2) is 4.52 Å². The summed E-state index contributed by atoms with van der Waals surface area (Å²) in [6.07, 6.45) is 1.82. The van der Waals surface area contributed by atoms with Crippen LogP contribution in [0.1, 0.15) is 13.8 Å². The van der Waals surface area contributed by atoms with Gasteiger partial charge >= 0.3 is 0 Å².